The van der Waals surface area contributed by atoms with Gasteiger partial charge in [-0.25, -0.2) is 0 Å². The van der Waals surface area contributed by atoms with Gasteiger partial charge in [0, 0.05) is 29.5 Å². The van der Waals surface area contributed by atoms with Gasteiger partial charge in [-0.3, -0.25) is 10.1 Å². The van der Waals surface area contributed by atoms with Crippen LogP contribution in [0.2, 0.25) is 0 Å². The van der Waals surface area contributed by atoms with Crippen molar-refractivity contribution in [3.05, 3.63) is 39.9 Å². The van der Waals surface area contributed by atoms with E-state index in [-0.39, 0.29) is 16.7 Å². The fraction of sp³-hybridized carbons (Fsp3) is 0.600. The first kappa shape index (κ1) is 15.3. The number of rotatable bonds is 5. The van der Waals surface area contributed by atoms with Crippen molar-refractivity contribution in [2.75, 3.05) is 6.26 Å². The molecule has 0 aliphatic heterocycles. The van der Waals surface area contributed by atoms with Crippen LogP contribution in [0.25, 0.3) is 0 Å². The summed E-state index contributed by atoms with van der Waals surface area (Å²) in [7, 11) is 0. The summed E-state index contributed by atoms with van der Waals surface area (Å²) in [5.41, 5.74) is 1.27. The average Bonchev–Trinajstić information content (AvgIpc) is 2.48. The molecule has 1 atom stereocenters. The number of nitrogens with one attached hydrogen (secondary N) is 1. The van der Waals surface area contributed by atoms with Crippen LogP contribution < -0.4 is 5.32 Å². The first-order chi connectivity index (χ1) is 9.60. The summed E-state index contributed by atoms with van der Waals surface area (Å²) in [4.78, 5) is 10.3. The van der Waals surface area contributed by atoms with Crippen LogP contribution in [0, 0.1) is 10.1 Å². The summed E-state index contributed by atoms with van der Waals surface area (Å²) in [6.07, 6.45) is 7.21. The van der Waals surface area contributed by atoms with Gasteiger partial charge in [0.05, 0.1) is 4.92 Å². The molecular formula is C15H22N2O2S. The third kappa shape index (κ3) is 3.96. The zero-order valence-electron chi connectivity index (χ0n) is 12.0. The van der Waals surface area contributed by atoms with Gasteiger partial charge in [0.15, 0.2) is 0 Å². The van der Waals surface area contributed by atoms with Gasteiger partial charge in [-0.1, -0.05) is 12.1 Å². The predicted molar refractivity (Wildman–Crippen MR) is 84.2 cm³/mol. The molecule has 0 bridgehead atoms. The van der Waals surface area contributed by atoms with E-state index in [9.17, 15) is 10.1 Å². The number of nitro benzene ring substituents is 1. The van der Waals surface area contributed by atoms with Crippen molar-refractivity contribution in [2.24, 2.45) is 0 Å². The molecular weight excluding hydrogens is 272 g/mol. The highest BCUT2D eigenvalue weighted by Crippen LogP contribution is 2.28. The third-order valence-electron chi connectivity index (χ3n) is 4.10. The van der Waals surface area contributed by atoms with Crippen LogP contribution in [0.3, 0.4) is 0 Å². The smallest absolute Gasteiger partial charge is 0.269 e. The zero-order valence-corrected chi connectivity index (χ0v) is 12.9. The summed E-state index contributed by atoms with van der Waals surface area (Å²) in [5, 5.41) is 15.1. The zero-order chi connectivity index (χ0) is 14.5. The van der Waals surface area contributed by atoms with Gasteiger partial charge in [-0.15, -0.1) is 0 Å². The van der Waals surface area contributed by atoms with Crippen molar-refractivity contribution in [3.63, 3.8) is 0 Å². The largest absolute Gasteiger partial charge is 0.307 e. The molecule has 0 amide bonds. The van der Waals surface area contributed by atoms with E-state index in [0.717, 1.165) is 10.8 Å². The van der Waals surface area contributed by atoms with Gasteiger partial charge in [-0.2, -0.15) is 11.8 Å². The highest BCUT2D eigenvalue weighted by molar-refractivity contribution is 7.99. The number of hydrogen-bond donors (Lipinski definition) is 1. The Labute approximate surface area is 124 Å². The second-order valence-electron chi connectivity index (χ2n) is 5.45. The molecule has 0 saturated heterocycles. The quantitative estimate of drug-likeness (QED) is 0.660. The molecule has 0 radical (unpaired) electrons. The summed E-state index contributed by atoms with van der Waals surface area (Å²) >= 11 is 1.98. The Hall–Kier alpha value is -1.07. The standard InChI is InChI=1S/C15H22N2O2S/c1-11(12-3-7-14(8-4-12)17(18)19)16-13-5-9-15(20-2)10-6-13/h3-4,7-8,11,13,15-16H,5-6,9-10H2,1-2H3. The number of hydrogen-bond acceptors (Lipinski definition) is 4. The lowest BCUT2D eigenvalue weighted by Gasteiger charge is -2.30. The van der Waals surface area contributed by atoms with Gasteiger partial charge in [0.1, 0.15) is 0 Å². The fourth-order valence-corrected chi connectivity index (χ4v) is 3.54. The Morgan fingerprint density at radius 3 is 2.35 bits per heavy atom. The molecule has 20 heavy (non-hydrogen) atoms. The summed E-state index contributed by atoms with van der Waals surface area (Å²) in [5.74, 6) is 0. The van der Waals surface area contributed by atoms with E-state index < -0.39 is 0 Å². The molecule has 1 unspecified atom stereocenters. The molecule has 1 aromatic carbocycles. The van der Waals surface area contributed by atoms with Gasteiger partial charge in [-0.05, 0) is 44.4 Å². The SMILES string of the molecule is CSC1CCC(NC(C)c2ccc([N+](=O)[O-])cc2)CC1. The number of benzene rings is 1. The van der Waals surface area contributed by atoms with Crippen molar-refractivity contribution in [1.82, 2.24) is 5.32 Å². The Morgan fingerprint density at radius 1 is 1.25 bits per heavy atom. The lowest BCUT2D eigenvalue weighted by Crippen LogP contribution is -2.35. The Morgan fingerprint density at radius 2 is 1.85 bits per heavy atom. The minimum absolute atomic E-state index is 0.154. The van der Waals surface area contributed by atoms with E-state index in [1.165, 1.54) is 25.7 Å². The number of non-ortho nitro benzene ring substituents is 1. The molecule has 0 heterocycles. The Kier molecular flexibility index (Phi) is 5.43. The number of thioether (sulfide) groups is 1. The maximum atomic E-state index is 10.6. The molecule has 5 heteroatoms. The van der Waals surface area contributed by atoms with Crippen LogP contribution in [0.5, 0.6) is 0 Å². The first-order valence-corrected chi connectivity index (χ1v) is 8.42. The van der Waals surface area contributed by atoms with E-state index in [4.69, 9.17) is 0 Å². The van der Waals surface area contributed by atoms with Crippen molar-refractivity contribution < 1.29 is 4.92 Å². The lowest BCUT2D eigenvalue weighted by atomic mass is 9.93. The second-order valence-corrected chi connectivity index (χ2v) is 6.58. The average molecular weight is 294 g/mol. The molecule has 2 rings (SSSR count). The van der Waals surface area contributed by atoms with Crippen LogP contribution >= 0.6 is 11.8 Å². The van der Waals surface area contributed by atoms with Crippen LogP contribution in [0.4, 0.5) is 5.69 Å². The summed E-state index contributed by atoms with van der Waals surface area (Å²) in [6, 6.07) is 7.68. The predicted octanol–water partition coefficient (Wildman–Crippen LogP) is 3.92. The molecule has 4 nitrogen and oxygen atoms in total. The molecule has 1 aliphatic carbocycles. The van der Waals surface area contributed by atoms with Crippen molar-refractivity contribution in [3.8, 4) is 0 Å². The van der Waals surface area contributed by atoms with E-state index in [1.54, 1.807) is 12.1 Å². The normalized spacial score (nSPS) is 24.3. The molecule has 0 aromatic heterocycles. The highest BCUT2D eigenvalue weighted by atomic mass is 32.2. The van der Waals surface area contributed by atoms with Crippen LogP contribution in [-0.4, -0.2) is 22.5 Å². The molecule has 1 N–H and O–H groups in total. The van der Waals surface area contributed by atoms with E-state index in [2.05, 4.69) is 18.5 Å². The van der Waals surface area contributed by atoms with Crippen LogP contribution in [0.1, 0.15) is 44.2 Å². The maximum Gasteiger partial charge on any atom is 0.269 e. The molecule has 1 fully saturated rings. The van der Waals surface area contributed by atoms with Gasteiger partial charge >= 0.3 is 0 Å². The topological polar surface area (TPSA) is 55.2 Å². The van der Waals surface area contributed by atoms with Crippen molar-refractivity contribution >= 4 is 17.4 Å². The molecule has 1 saturated carbocycles. The first-order valence-electron chi connectivity index (χ1n) is 7.13. The van der Waals surface area contributed by atoms with Gasteiger partial charge in [0.25, 0.3) is 5.69 Å². The molecule has 1 aliphatic rings. The van der Waals surface area contributed by atoms with Gasteiger partial charge < -0.3 is 5.32 Å². The van der Waals surface area contributed by atoms with Gasteiger partial charge in [0.2, 0.25) is 0 Å². The Bertz CT molecular complexity index is 442. The van der Waals surface area contributed by atoms with E-state index in [1.807, 2.05) is 23.9 Å². The third-order valence-corrected chi connectivity index (χ3v) is 5.24. The number of nitro groups is 1. The second kappa shape index (κ2) is 7.09. The van der Waals surface area contributed by atoms with E-state index in [0.29, 0.717) is 6.04 Å². The Balaban J connectivity index is 1.88. The van der Waals surface area contributed by atoms with Crippen molar-refractivity contribution in [1.29, 1.82) is 0 Å². The van der Waals surface area contributed by atoms with Crippen LogP contribution in [0.15, 0.2) is 24.3 Å². The maximum absolute atomic E-state index is 10.6. The summed E-state index contributed by atoms with van der Waals surface area (Å²) < 4.78 is 0. The molecule has 110 valence electrons. The minimum Gasteiger partial charge on any atom is -0.307 e. The lowest BCUT2D eigenvalue weighted by molar-refractivity contribution is -0.384. The summed E-state index contributed by atoms with van der Waals surface area (Å²) in [6.45, 7) is 2.13. The number of nitrogens with zero attached hydrogens (tertiary/aromatic N) is 1. The fourth-order valence-electron chi connectivity index (χ4n) is 2.80. The molecule has 0 spiro atoms. The van der Waals surface area contributed by atoms with Crippen LogP contribution in [-0.2, 0) is 0 Å². The van der Waals surface area contributed by atoms with E-state index >= 15 is 0 Å². The monoisotopic (exact) mass is 294 g/mol. The van der Waals surface area contributed by atoms with Crippen molar-refractivity contribution in [2.45, 2.75) is 49.9 Å². The minimum atomic E-state index is -0.356. The molecule has 1 aromatic rings. The highest BCUT2D eigenvalue weighted by Gasteiger charge is 2.21.